The minimum atomic E-state index is -0.208. The summed E-state index contributed by atoms with van der Waals surface area (Å²) in [5.74, 6) is 0.995. The van der Waals surface area contributed by atoms with E-state index in [0.29, 0.717) is 13.1 Å². The molecule has 1 aromatic heterocycles. The minimum Gasteiger partial charge on any atom is -0.468 e. The maximum Gasteiger partial charge on any atom is 0.239 e. The van der Waals surface area contributed by atoms with Crippen molar-refractivity contribution in [2.75, 3.05) is 6.54 Å². The van der Waals surface area contributed by atoms with Crippen molar-refractivity contribution in [3.05, 3.63) is 59.5 Å². The van der Waals surface area contributed by atoms with E-state index in [0.717, 1.165) is 18.7 Å². The standard InChI is InChI=1S/C17H20N2O2/c1-13(18-11-16-7-4-10-21-16)17(20)19-9-8-14-5-2-3-6-15(14)12-19/h2-7,10,13,18H,8-9,11-12H2,1H3/t13-/m0/s1. The van der Waals surface area contributed by atoms with E-state index in [1.54, 1.807) is 6.26 Å². The Morgan fingerprint density at radius 1 is 1.29 bits per heavy atom. The molecule has 1 atom stereocenters. The van der Waals surface area contributed by atoms with E-state index in [1.165, 1.54) is 11.1 Å². The second-order valence-electron chi connectivity index (χ2n) is 5.46. The second kappa shape index (κ2) is 6.14. The number of hydrogen-bond acceptors (Lipinski definition) is 3. The number of nitrogens with one attached hydrogen (secondary N) is 1. The third kappa shape index (κ3) is 3.16. The summed E-state index contributed by atoms with van der Waals surface area (Å²) >= 11 is 0. The smallest absolute Gasteiger partial charge is 0.239 e. The van der Waals surface area contributed by atoms with E-state index in [9.17, 15) is 4.79 Å². The van der Waals surface area contributed by atoms with Crippen molar-refractivity contribution in [1.29, 1.82) is 0 Å². The lowest BCUT2D eigenvalue weighted by Gasteiger charge is -2.31. The van der Waals surface area contributed by atoms with Gasteiger partial charge in [-0.15, -0.1) is 0 Å². The van der Waals surface area contributed by atoms with Gasteiger partial charge in [-0.25, -0.2) is 0 Å². The van der Waals surface area contributed by atoms with Gasteiger partial charge in [0.2, 0.25) is 5.91 Å². The van der Waals surface area contributed by atoms with Gasteiger partial charge in [0.25, 0.3) is 0 Å². The van der Waals surface area contributed by atoms with Crippen LogP contribution >= 0.6 is 0 Å². The Labute approximate surface area is 124 Å². The van der Waals surface area contributed by atoms with Gasteiger partial charge in [-0.05, 0) is 36.6 Å². The number of rotatable bonds is 4. The van der Waals surface area contributed by atoms with Crippen molar-refractivity contribution in [2.45, 2.75) is 32.5 Å². The molecular weight excluding hydrogens is 264 g/mol. The van der Waals surface area contributed by atoms with Crippen LogP contribution in [0.25, 0.3) is 0 Å². The SMILES string of the molecule is C[C@H](NCc1ccco1)C(=O)N1CCc2ccccc2C1. The molecule has 1 aliphatic rings. The fourth-order valence-electron chi connectivity index (χ4n) is 2.71. The van der Waals surface area contributed by atoms with Gasteiger partial charge in [0.15, 0.2) is 0 Å². The molecule has 4 heteroatoms. The number of benzene rings is 1. The first-order valence-corrected chi connectivity index (χ1v) is 7.35. The lowest BCUT2D eigenvalue weighted by Crippen LogP contribution is -2.46. The van der Waals surface area contributed by atoms with Crippen LogP contribution in [-0.2, 0) is 24.3 Å². The molecule has 0 aliphatic carbocycles. The lowest BCUT2D eigenvalue weighted by atomic mass is 9.99. The van der Waals surface area contributed by atoms with Gasteiger partial charge in [0.05, 0.1) is 18.8 Å². The van der Waals surface area contributed by atoms with Crippen LogP contribution in [0.1, 0.15) is 23.8 Å². The van der Waals surface area contributed by atoms with Gasteiger partial charge in [0, 0.05) is 13.1 Å². The molecular formula is C17H20N2O2. The number of nitrogens with zero attached hydrogens (tertiary/aromatic N) is 1. The molecule has 0 fully saturated rings. The average molecular weight is 284 g/mol. The van der Waals surface area contributed by atoms with E-state index in [2.05, 4.69) is 23.5 Å². The summed E-state index contributed by atoms with van der Waals surface area (Å²) in [7, 11) is 0. The number of carbonyl (C=O) groups is 1. The molecule has 0 bridgehead atoms. The molecule has 1 N–H and O–H groups in total. The molecule has 0 unspecified atom stereocenters. The Balaban J connectivity index is 1.58. The van der Waals surface area contributed by atoms with Crippen molar-refractivity contribution < 1.29 is 9.21 Å². The molecule has 4 nitrogen and oxygen atoms in total. The van der Waals surface area contributed by atoms with Crippen LogP contribution in [0.3, 0.4) is 0 Å². The van der Waals surface area contributed by atoms with Crippen LogP contribution in [0.4, 0.5) is 0 Å². The van der Waals surface area contributed by atoms with Gasteiger partial charge >= 0.3 is 0 Å². The van der Waals surface area contributed by atoms with Crippen LogP contribution in [0.2, 0.25) is 0 Å². The summed E-state index contributed by atoms with van der Waals surface area (Å²) in [6.45, 7) is 3.99. The lowest BCUT2D eigenvalue weighted by molar-refractivity contribution is -0.134. The minimum absolute atomic E-state index is 0.149. The van der Waals surface area contributed by atoms with Crippen molar-refractivity contribution in [2.24, 2.45) is 0 Å². The predicted molar refractivity (Wildman–Crippen MR) is 80.6 cm³/mol. The normalized spacial score (nSPS) is 15.6. The van der Waals surface area contributed by atoms with Crippen LogP contribution in [-0.4, -0.2) is 23.4 Å². The third-order valence-corrected chi connectivity index (χ3v) is 3.98. The molecule has 0 saturated carbocycles. The number of carbonyl (C=O) groups excluding carboxylic acids is 1. The van der Waals surface area contributed by atoms with Crippen molar-refractivity contribution in [3.8, 4) is 0 Å². The molecule has 0 spiro atoms. The van der Waals surface area contributed by atoms with E-state index in [-0.39, 0.29) is 11.9 Å². The number of furan rings is 1. The summed E-state index contributed by atoms with van der Waals surface area (Å²) in [5, 5.41) is 3.22. The number of amides is 1. The van der Waals surface area contributed by atoms with Gasteiger partial charge < -0.3 is 9.32 Å². The number of fused-ring (bicyclic) bond motifs is 1. The maximum atomic E-state index is 12.5. The van der Waals surface area contributed by atoms with Gasteiger partial charge in [0.1, 0.15) is 5.76 Å². The summed E-state index contributed by atoms with van der Waals surface area (Å²) in [6.07, 6.45) is 2.58. The molecule has 0 saturated heterocycles. The summed E-state index contributed by atoms with van der Waals surface area (Å²) in [4.78, 5) is 14.4. The highest BCUT2D eigenvalue weighted by Crippen LogP contribution is 2.19. The first kappa shape index (κ1) is 13.9. The molecule has 2 aromatic rings. The summed E-state index contributed by atoms with van der Waals surface area (Å²) < 4.78 is 5.27. The Morgan fingerprint density at radius 3 is 2.86 bits per heavy atom. The topological polar surface area (TPSA) is 45.5 Å². The Morgan fingerprint density at radius 2 is 2.10 bits per heavy atom. The first-order chi connectivity index (χ1) is 10.2. The molecule has 1 amide bonds. The molecule has 3 rings (SSSR count). The molecule has 2 heterocycles. The van der Waals surface area contributed by atoms with Crippen LogP contribution in [0.15, 0.2) is 47.1 Å². The average Bonchev–Trinajstić information content (AvgIpc) is 3.05. The van der Waals surface area contributed by atoms with Crippen molar-refractivity contribution in [3.63, 3.8) is 0 Å². The quantitative estimate of drug-likeness (QED) is 0.937. The fourth-order valence-corrected chi connectivity index (χ4v) is 2.71. The van der Waals surface area contributed by atoms with Crippen LogP contribution in [0.5, 0.6) is 0 Å². The van der Waals surface area contributed by atoms with Gasteiger partial charge in [-0.3, -0.25) is 10.1 Å². The zero-order chi connectivity index (χ0) is 14.7. The predicted octanol–water partition coefficient (Wildman–Crippen LogP) is 2.34. The number of hydrogen-bond donors (Lipinski definition) is 1. The summed E-state index contributed by atoms with van der Waals surface area (Å²) in [6, 6.07) is 11.9. The third-order valence-electron chi connectivity index (χ3n) is 3.98. The maximum absolute atomic E-state index is 12.5. The molecule has 1 aliphatic heterocycles. The van der Waals surface area contributed by atoms with Crippen LogP contribution in [0, 0.1) is 0 Å². The zero-order valence-electron chi connectivity index (χ0n) is 12.2. The molecule has 110 valence electrons. The van der Waals surface area contributed by atoms with Crippen LogP contribution < -0.4 is 5.32 Å². The largest absolute Gasteiger partial charge is 0.468 e. The molecule has 21 heavy (non-hydrogen) atoms. The first-order valence-electron chi connectivity index (χ1n) is 7.35. The van der Waals surface area contributed by atoms with E-state index in [4.69, 9.17) is 4.42 Å². The monoisotopic (exact) mass is 284 g/mol. The van der Waals surface area contributed by atoms with E-state index < -0.39 is 0 Å². The van der Waals surface area contributed by atoms with Crippen molar-refractivity contribution >= 4 is 5.91 Å². The highest BCUT2D eigenvalue weighted by Gasteiger charge is 2.24. The van der Waals surface area contributed by atoms with Gasteiger partial charge in [-0.1, -0.05) is 24.3 Å². The Hall–Kier alpha value is -2.07. The van der Waals surface area contributed by atoms with Crippen molar-refractivity contribution in [1.82, 2.24) is 10.2 Å². The van der Waals surface area contributed by atoms with E-state index in [1.807, 2.05) is 30.0 Å². The van der Waals surface area contributed by atoms with Gasteiger partial charge in [-0.2, -0.15) is 0 Å². The molecule has 1 aromatic carbocycles. The zero-order valence-corrected chi connectivity index (χ0v) is 12.2. The highest BCUT2D eigenvalue weighted by atomic mass is 16.3. The highest BCUT2D eigenvalue weighted by molar-refractivity contribution is 5.81. The Kier molecular flexibility index (Phi) is 4.06. The summed E-state index contributed by atoms with van der Waals surface area (Å²) in [5.41, 5.74) is 2.62. The molecule has 0 radical (unpaired) electrons. The fraction of sp³-hybridized carbons (Fsp3) is 0.353. The van der Waals surface area contributed by atoms with E-state index >= 15 is 0 Å². The second-order valence-corrected chi connectivity index (χ2v) is 5.46. The Bertz CT molecular complexity index is 607.